The Labute approximate surface area is 83.2 Å². The molecule has 72 valence electrons. The van der Waals surface area contributed by atoms with Crippen molar-refractivity contribution >= 4 is 11.3 Å². The van der Waals surface area contributed by atoms with Crippen molar-refractivity contribution in [2.45, 2.75) is 44.6 Å². The maximum absolute atomic E-state index is 5.55. The maximum Gasteiger partial charge on any atom is 0.0988 e. The lowest BCUT2D eigenvalue weighted by Crippen LogP contribution is -2.16. The SMILES string of the molecule is CC1(c2nc(CN)cs2)CCCC1. The summed E-state index contributed by atoms with van der Waals surface area (Å²) in [4.78, 5) is 4.58. The first-order chi connectivity index (χ1) is 6.24. The fourth-order valence-corrected chi connectivity index (χ4v) is 3.10. The predicted octanol–water partition coefficient (Wildman–Crippen LogP) is 2.43. The largest absolute Gasteiger partial charge is 0.325 e. The Morgan fingerprint density at radius 1 is 1.54 bits per heavy atom. The molecule has 1 aliphatic rings. The van der Waals surface area contributed by atoms with Gasteiger partial charge in [-0.15, -0.1) is 11.3 Å². The first kappa shape index (κ1) is 9.16. The van der Waals surface area contributed by atoms with Crippen LogP contribution in [0.15, 0.2) is 5.38 Å². The lowest BCUT2D eigenvalue weighted by Gasteiger charge is -2.19. The van der Waals surface area contributed by atoms with E-state index in [2.05, 4.69) is 17.3 Å². The number of hydrogen-bond donors (Lipinski definition) is 1. The predicted molar refractivity (Wildman–Crippen MR) is 55.8 cm³/mol. The van der Waals surface area contributed by atoms with Gasteiger partial charge in [0.2, 0.25) is 0 Å². The zero-order valence-electron chi connectivity index (χ0n) is 8.05. The van der Waals surface area contributed by atoms with E-state index in [0.29, 0.717) is 12.0 Å². The van der Waals surface area contributed by atoms with E-state index < -0.39 is 0 Å². The highest BCUT2D eigenvalue weighted by molar-refractivity contribution is 7.09. The zero-order valence-corrected chi connectivity index (χ0v) is 8.86. The van der Waals surface area contributed by atoms with Crippen molar-refractivity contribution < 1.29 is 0 Å². The van der Waals surface area contributed by atoms with E-state index in [1.54, 1.807) is 11.3 Å². The Morgan fingerprint density at radius 3 is 2.77 bits per heavy atom. The quantitative estimate of drug-likeness (QED) is 0.789. The first-order valence-corrected chi connectivity index (χ1v) is 5.77. The summed E-state index contributed by atoms with van der Waals surface area (Å²) in [6, 6.07) is 0. The molecule has 2 rings (SSSR count). The van der Waals surface area contributed by atoms with Crippen LogP contribution in [0.25, 0.3) is 0 Å². The van der Waals surface area contributed by atoms with Crippen LogP contribution in [0, 0.1) is 0 Å². The minimum absolute atomic E-state index is 0.359. The van der Waals surface area contributed by atoms with Gasteiger partial charge in [0.15, 0.2) is 0 Å². The normalized spacial score (nSPS) is 20.8. The van der Waals surface area contributed by atoms with Gasteiger partial charge in [0.25, 0.3) is 0 Å². The summed E-state index contributed by atoms with van der Waals surface area (Å²) in [5, 5.41) is 3.39. The first-order valence-electron chi connectivity index (χ1n) is 4.89. The van der Waals surface area contributed by atoms with Crippen LogP contribution < -0.4 is 5.73 Å². The van der Waals surface area contributed by atoms with Crippen molar-refractivity contribution in [3.63, 3.8) is 0 Å². The standard InChI is InChI=1S/C10H16N2S/c1-10(4-2-3-5-10)9-12-8(6-11)7-13-9/h7H,2-6,11H2,1H3. The molecule has 0 aromatic carbocycles. The molecule has 1 aliphatic carbocycles. The molecule has 1 heterocycles. The molecule has 0 spiro atoms. The van der Waals surface area contributed by atoms with Gasteiger partial charge in [-0.1, -0.05) is 19.8 Å². The molecular formula is C10H16N2S. The third-order valence-electron chi connectivity index (χ3n) is 2.98. The number of rotatable bonds is 2. The van der Waals surface area contributed by atoms with Crippen LogP contribution in [-0.2, 0) is 12.0 Å². The smallest absolute Gasteiger partial charge is 0.0988 e. The second-order valence-corrected chi connectivity index (χ2v) is 4.97. The fourth-order valence-electron chi connectivity index (χ4n) is 2.05. The van der Waals surface area contributed by atoms with Crippen LogP contribution in [0.3, 0.4) is 0 Å². The van der Waals surface area contributed by atoms with Crippen molar-refractivity contribution in [2.24, 2.45) is 5.73 Å². The second-order valence-electron chi connectivity index (χ2n) is 4.12. The van der Waals surface area contributed by atoms with Gasteiger partial charge < -0.3 is 5.73 Å². The van der Waals surface area contributed by atoms with Gasteiger partial charge in [-0.2, -0.15) is 0 Å². The molecule has 0 aliphatic heterocycles. The van der Waals surface area contributed by atoms with Crippen LogP contribution in [0.2, 0.25) is 0 Å². The Balaban J connectivity index is 2.23. The molecule has 2 nitrogen and oxygen atoms in total. The van der Waals surface area contributed by atoms with Gasteiger partial charge >= 0.3 is 0 Å². The Hall–Kier alpha value is -0.410. The maximum atomic E-state index is 5.55. The Kier molecular flexibility index (Phi) is 2.39. The molecule has 0 saturated heterocycles. The highest BCUT2D eigenvalue weighted by Gasteiger charge is 2.33. The summed E-state index contributed by atoms with van der Waals surface area (Å²) < 4.78 is 0. The molecule has 3 heteroatoms. The fraction of sp³-hybridized carbons (Fsp3) is 0.700. The van der Waals surface area contributed by atoms with Gasteiger partial charge in [0.05, 0.1) is 10.7 Å². The van der Waals surface area contributed by atoms with Gasteiger partial charge in [-0.25, -0.2) is 4.98 Å². The van der Waals surface area contributed by atoms with Gasteiger partial charge in [0.1, 0.15) is 0 Å². The molecule has 0 radical (unpaired) electrons. The Morgan fingerprint density at radius 2 is 2.23 bits per heavy atom. The molecule has 1 aromatic rings. The topological polar surface area (TPSA) is 38.9 Å². The van der Waals surface area contributed by atoms with E-state index in [1.807, 2.05) is 0 Å². The molecule has 2 N–H and O–H groups in total. The monoisotopic (exact) mass is 196 g/mol. The van der Waals surface area contributed by atoms with E-state index >= 15 is 0 Å². The number of thiazole rings is 1. The van der Waals surface area contributed by atoms with E-state index in [-0.39, 0.29) is 0 Å². The summed E-state index contributed by atoms with van der Waals surface area (Å²) in [5.74, 6) is 0. The van der Waals surface area contributed by atoms with Gasteiger partial charge in [-0.05, 0) is 12.8 Å². The van der Waals surface area contributed by atoms with Crippen LogP contribution >= 0.6 is 11.3 Å². The lowest BCUT2D eigenvalue weighted by atomic mass is 9.90. The summed E-state index contributed by atoms with van der Waals surface area (Å²) in [6.45, 7) is 2.91. The minimum Gasteiger partial charge on any atom is -0.325 e. The van der Waals surface area contributed by atoms with E-state index in [1.165, 1.54) is 30.7 Å². The molecule has 1 fully saturated rings. The molecule has 1 aromatic heterocycles. The van der Waals surface area contributed by atoms with Crippen LogP contribution in [0.4, 0.5) is 0 Å². The summed E-state index contributed by atoms with van der Waals surface area (Å²) in [6.07, 6.45) is 5.30. The van der Waals surface area contributed by atoms with Crippen molar-refractivity contribution in [1.29, 1.82) is 0 Å². The summed E-state index contributed by atoms with van der Waals surface area (Å²) in [5.41, 5.74) is 6.96. The highest BCUT2D eigenvalue weighted by atomic mass is 32.1. The average molecular weight is 196 g/mol. The van der Waals surface area contributed by atoms with Crippen LogP contribution in [0.5, 0.6) is 0 Å². The number of nitrogens with zero attached hydrogens (tertiary/aromatic N) is 1. The number of hydrogen-bond acceptors (Lipinski definition) is 3. The van der Waals surface area contributed by atoms with Crippen LogP contribution in [0.1, 0.15) is 43.3 Å². The number of aromatic nitrogens is 1. The molecule has 13 heavy (non-hydrogen) atoms. The van der Waals surface area contributed by atoms with E-state index in [0.717, 1.165) is 5.69 Å². The third kappa shape index (κ3) is 1.63. The molecule has 0 amide bonds. The summed E-state index contributed by atoms with van der Waals surface area (Å²) in [7, 11) is 0. The van der Waals surface area contributed by atoms with Crippen LogP contribution in [-0.4, -0.2) is 4.98 Å². The highest BCUT2D eigenvalue weighted by Crippen LogP contribution is 2.41. The number of nitrogens with two attached hydrogens (primary N) is 1. The third-order valence-corrected chi connectivity index (χ3v) is 4.18. The van der Waals surface area contributed by atoms with Gasteiger partial charge in [0, 0.05) is 17.3 Å². The van der Waals surface area contributed by atoms with E-state index in [4.69, 9.17) is 5.73 Å². The van der Waals surface area contributed by atoms with Crippen molar-refractivity contribution in [2.75, 3.05) is 0 Å². The van der Waals surface area contributed by atoms with Crippen molar-refractivity contribution in [1.82, 2.24) is 4.98 Å². The second kappa shape index (κ2) is 3.39. The molecule has 0 unspecified atom stereocenters. The van der Waals surface area contributed by atoms with Gasteiger partial charge in [-0.3, -0.25) is 0 Å². The minimum atomic E-state index is 0.359. The molecule has 1 saturated carbocycles. The molecule has 0 atom stereocenters. The van der Waals surface area contributed by atoms with Crippen molar-refractivity contribution in [3.05, 3.63) is 16.1 Å². The lowest BCUT2D eigenvalue weighted by molar-refractivity contribution is 0.487. The average Bonchev–Trinajstić information content (AvgIpc) is 2.72. The summed E-state index contributed by atoms with van der Waals surface area (Å²) >= 11 is 1.78. The molecular weight excluding hydrogens is 180 g/mol. The zero-order chi connectivity index (χ0) is 9.31. The van der Waals surface area contributed by atoms with E-state index in [9.17, 15) is 0 Å². The Bertz CT molecular complexity index is 287. The molecule has 0 bridgehead atoms. The van der Waals surface area contributed by atoms with Crippen molar-refractivity contribution in [3.8, 4) is 0 Å².